The van der Waals surface area contributed by atoms with E-state index in [1.807, 2.05) is 43.3 Å². The number of carbonyl (C=O) groups is 2. The number of hydrogen-bond donors (Lipinski definition) is 1. The number of pyridine rings is 1. The molecular weight excluding hydrogens is 496 g/mol. The number of nitrogens with one attached hydrogen (secondary N) is 1. The van der Waals surface area contributed by atoms with Crippen molar-refractivity contribution in [2.24, 2.45) is 5.92 Å². The third-order valence-electron chi connectivity index (χ3n) is 7.57. The molecule has 1 aliphatic carbocycles. The van der Waals surface area contributed by atoms with Crippen LogP contribution in [0.5, 0.6) is 0 Å². The molecule has 6 heteroatoms. The topological polar surface area (TPSA) is 65.5 Å². The van der Waals surface area contributed by atoms with Gasteiger partial charge in [0.2, 0.25) is 5.91 Å². The van der Waals surface area contributed by atoms with Crippen molar-refractivity contribution in [1.82, 2.24) is 4.98 Å². The van der Waals surface area contributed by atoms with Gasteiger partial charge in [-0.15, -0.1) is 0 Å². The Morgan fingerprint density at radius 2 is 1.52 bits per heavy atom. The summed E-state index contributed by atoms with van der Waals surface area (Å²) in [5, 5.41) is 2.95. The number of aromatic nitrogens is 1. The Morgan fingerprint density at radius 3 is 2.17 bits per heavy atom. The van der Waals surface area contributed by atoms with Gasteiger partial charge in [-0.25, -0.2) is 0 Å². The molecule has 0 spiro atoms. The third-order valence-corrected chi connectivity index (χ3v) is 7.57. The molecule has 6 nitrogen and oxygen atoms in total. The molecule has 0 aliphatic heterocycles. The molecule has 0 saturated heterocycles. The van der Waals surface area contributed by atoms with E-state index in [9.17, 15) is 9.59 Å². The number of carbonyl (C=O) groups excluding carboxylic acids is 2. The Kier molecular flexibility index (Phi) is 8.55. The van der Waals surface area contributed by atoms with Gasteiger partial charge in [0, 0.05) is 49.5 Å². The fraction of sp³-hybridized carbons (Fsp3) is 0.265. The molecule has 1 N–H and O–H groups in total. The van der Waals surface area contributed by atoms with Crippen LogP contribution in [0.3, 0.4) is 0 Å². The Hall–Kier alpha value is -4.45. The standard InChI is InChI=1S/C34H36N4O2/c1-37(2)31-19-17-27(18-20-31)26-15-13-25(14-16-26)24-38(34(40)28-8-4-3-5-9-28)32-12-6-11-30(22-32)36-33(39)29-10-7-21-35-23-29/h6-7,10-23,28H,3-5,8-9,24H2,1-2H3,(H,36,39). The SMILES string of the molecule is CN(C)c1ccc(-c2ccc(CN(C(=O)C3CCCCC3)c3cccc(NC(=O)c4cccnc4)c3)cc2)cc1. The summed E-state index contributed by atoms with van der Waals surface area (Å²) in [6.07, 6.45) is 8.40. The summed E-state index contributed by atoms with van der Waals surface area (Å²) in [5.41, 5.74) is 6.43. The molecule has 0 unspecified atom stereocenters. The van der Waals surface area contributed by atoms with Gasteiger partial charge >= 0.3 is 0 Å². The maximum atomic E-state index is 13.9. The maximum Gasteiger partial charge on any atom is 0.257 e. The molecule has 2 amide bonds. The van der Waals surface area contributed by atoms with Gasteiger partial charge in [-0.3, -0.25) is 14.6 Å². The molecule has 1 aliphatic rings. The smallest absolute Gasteiger partial charge is 0.257 e. The van der Waals surface area contributed by atoms with Crippen LogP contribution in [0, 0.1) is 5.92 Å². The first kappa shape index (κ1) is 27.1. The van der Waals surface area contributed by atoms with Crippen LogP contribution >= 0.6 is 0 Å². The predicted octanol–water partition coefficient (Wildman–Crippen LogP) is 7.18. The van der Waals surface area contributed by atoms with Crippen LogP contribution in [0.2, 0.25) is 0 Å². The molecule has 1 aromatic heterocycles. The molecule has 204 valence electrons. The van der Waals surface area contributed by atoms with E-state index in [1.165, 1.54) is 6.42 Å². The van der Waals surface area contributed by atoms with Crippen molar-refractivity contribution >= 4 is 28.9 Å². The van der Waals surface area contributed by atoms with Crippen molar-refractivity contribution in [3.63, 3.8) is 0 Å². The van der Waals surface area contributed by atoms with E-state index in [4.69, 9.17) is 0 Å². The minimum absolute atomic E-state index is 0.0249. The van der Waals surface area contributed by atoms with Crippen molar-refractivity contribution in [3.8, 4) is 11.1 Å². The molecular formula is C34H36N4O2. The Labute approximate surface area is 236 Å². The van der Waals surface area contributed by atoms with E-state index in [-0.39, 0.29) is 17.7 Å². The van der Waals surface area contributed by atoms with Gasteiger partial charge in [0.15, 0.2) is 0 Å². The number of nitrogens with zero attached hydrogens (tertiary/aromatic N) is 3. The van der Waals surface area contributed by atoms with Crippen LogP contribution in [0.1, 0.15) is 48.0 Å². The van der Waals surface area contributed by atoms with Crippen LogP contribution in [-0.4, -0.2) is 30.9 Å². The summed E-state index contributed by atoms with van der Waals surface area (Å²) in [4.78, 5) is 34.6. The number of rotatable bonds is 8. The van der Waals surface area contributed by atoms with Crippen LogP contribution in [0.25, 0.3) is 11.1 Å². The Balaban J connectivity index is 1.38. The van der Waals surface area contributed by atoms with E-state index in [0.29, 0.717) is 17.8 Å². The highest BCUT2D eigenvalue weighted by molar-refractivity contribution is 6.04. The van der Waals surface area contributed by atoms with Crippen molar-refractivity contribution in [1.29, 1.82) is 0 Å². The highest BCUT2D eigenvalue weighted by Crippen LogP contribution is 2.31. The van der Waals surface area contributed by atoms with Crippen LogP contribution < -0.4 is 15.1 Å². The monoisotopic (exact) mass is 532 g/mol. The van der Waals surface area contributed by atoms with Crippen molar-refractivity contribution in [2.75, 3.05) is 29.2 Å². The van der Waals surface area contributed by atoms with Crippen LogP contribution in [0.4, 0.5) is 17.1 Å². The summed E-state index contributed by atoms with van der Waals surface area (Å²) < 4.78 is 0. The molecule has 1 fully saturated rings. The van der Waals surface area contributed by atoms with Gasteiger partial charge < -0.3 is 15.1 Å². The lowest BCUT2D eigenvalue weighted by molar-refractivity contribution is -0.123. The number of anilines is 3. The van der Waals surface area contributed by atoms with Crippen molar-refractivity contribution in [2.45, 2.75) is 38.6 Å². The second-order valence-corrected chi connectivity index (χ2v) is 10.6. The second kappa shape index (κ2) is 12.6. The minimum atomic E-state index is -0.232. The van der Waals surface area contributed by atoms with Gasteiger partial charge in [-0.2, -0.15) is 0 Å². The average molecular weight is 533 g/mol. The lowest BCUT2D eigenvalue weighted by Crippen LogP contribution is -2.36. The molecule has 1 heterocycles. The van der Waals surface area contributed by atoms with E-state index >= 15 is 0 Å². The summed E-state index contributed by atoms with van der Waals surface area (Å²) in [6, 6.07) is 28.0. The summed E-state index contributed by atoms with van der Waals surface area (Å²) in [6.45, 7) is 0.467. The lowest BCUT2D eigenvalue weighted by atomic mass is 9.88. The zero-order valence-electron chi connectivity index (χ0n) is 23.2. The van der Waals surface area contributed by atoms with Crippen LogP contribution in [0.15, 0.2) is 97.3 Å². The van der Waals surface area contributed by atoms with E-state index in [0.717, 1.165) is 53.7 Å². The molecule has 4 aromatic rings. The minimum Gasteiger partial charge on any atom is -0.378 e. The molecule has 40 heavy (non-hydrogen) atoms. The normalized spacial score (nSPS) is 13.4. The predicted molar refractivity (Wildman–Crippen MR) is 163 cm³/mol. The fourth-order valence-electron chi connectivity index (χ4n) is 5.26. The van der Waals surface area contributed by atoms with Crippen molar-refractivity contribution in [3.05, 3.63) is 108 Å². The van der Waals surface area contributed by atoms with Gasteiger partial charge in [0.05, 0.1) is 12.1 Å². The van der Waals surface area contributed by atoms with Gasteiger partial charge in [0.1, 0.15) is 0 Å². The number of benzene rings is 3. The highest BCUT2D eigenvalue weighted by Gasteiger charge is 2.27. The highest BCUT2D eigenvalue weighted by atomic mass is 16.2. The summed E-state index contributed by atoms with van der Waals surface area (Å²) >= 11 is 0. The quantitative estimate of drug-likeness (QED) is 0.261. The molecule has 5 rings (SSSR count). The molecule has 0 radical (unpaired) electrons. The van der Waals surface area contributed by atoms with Gasteiger partial charge in [-0.1, -0.05) is 61.7 Å². The number of amides is 2. The first-order valence-electron chi connectivity index (χ1n) is 14.0. The maximum absolute atomic E-state index is 13.9. The zero-order valence-corrected chi connectivity index (χ0v) is 23.2. The molecule has 3 aromatic carbocycles. The van der Waals surface area contributed by atoms with Crippen molar-refractivity contribution < 1.29 is 9.59 Å². The van der Waals surface area contributed by atoms with Crippen LogP contribution in [-0.2, 0) is 11.3 Å². The Bertz CT molecular complexity index is 1430. The first-order valence-corrected chi connectivity index (χ1v) is 14.0. The van der Waals surface area contributed by atoms with E-state index in [2.05, 4.69) is 63.7 Å². The van der Waals surface area contributed by atoms with E-state index in [1.54, 1.807) is 24.5 Å². The number of hydrogen-bond acceptors (Lipinski definition) is 4. The van der Waals surface area contributed by atoms with Gasteiger partial charge in [-0.05, 0) is 72.0 Å². The molecule has 0 bridgehead atoms. The Morgan fingerprint density at radius 1 is 0.825 bits per heavy atom. The third kappa shape index (κ3) is 6.57. The van der Waals surface area contributed by atoms with E-state index < -0.39 is 0 Å². The molecule has 1 saturated carbocycles. The summed E-state index contributed by atoms with van der Waals surface area (Å²) in [7, 11) is 4.07. The zero-order chi connectivity index (χ0) is 27.9. The van der Waals surface area contributed by atoms with Gasteiger partial charge in [0.25, 0.3) is 5.91 Å². The second-order valence-electron chi connectivity index (χ2n) is 10.6. The first-order chi connectivity index (χ1) is 19.5. The lowest BCUT2D eigenvalue weighted by Gasteiger charge is -2.30. The average Bonchev–Trinajstić information content (AvgIpc) is 3.01. The largest absolute Gasteiger partial charge is 0.378 e. The summed E-state index contributed by atoms with van der Waals surface area (Å²) in [5.74, 6) is -0.0553. The fourth-order valence-corrected chi connectivity index (χ4v) is 5.26. The molecule has 0 atom stereocenters.